The molecule has 0 radical (unpaired) electrons. The van der Waals surface area contributed by atoms with E-state index in [0.717, 1.165) is 32.5 Å². The van der Waals surface area contributed by atoms with Gasteiger partial charge in [0.2, 0.25) is 0 Å². The molecule has 4 heteroatoms. The van der Waals surface area contributed by atoms with Crippen molar-refractivity contribution in [3.8, 4) is 0 Å². The van der Waals surface area contributed by atoms with Crippen molar-refractivity contribution in [3.05, 3.63) is 0 Å². The van der Waals surface area contributed by atoms with E-state index in [2.05, 4.69) is 24.1 Å². The van der Waals surface area contributed by atoms with Gasteiger partial charge in [0.05, 0.1) is 0 Å². The Morgan fingerprint density at radius 1 is 1.41 bits per heavy atom. The molecule has 0 aromatic heterocycles. The molecular formula is C13H24N2O2. The van der Waals surface area contributed by atoms with Crippen molar-refractivity contribution in [1.82, 2.24) is 10.2 Å². The highest BCUT2D eigenvalue weighted by atomic mass is 16.4. The molecule has 0 bridgehead atoms. The van der Waals surface area contributed by atoms with Crippen LogP contribution in [0.25, 0.3) is 0 Å². The third kappa shape index (κ3) is 3.42. The molecule has 0 amide bonds. The smallest absolute Gasteiger partial charge is 0.320 e. The number of nitrogens with one attached hydrogen (secondary N) is 1. The van der Waals surface area contributed by atoms with Gasteiger partial charge in [0, 0.05) is 19.1 Å². The van der Waals surface area contributed by atoms with Gasteiger partial charge in [0.25, 0.3) is 0 Å². The summed E-state index contributed by atoms with van der Waals surface area (Å²) in [5.74, 6) is 0.333. The molecule has 1 aliphatic carbocycles. The number of hydrogen-bond acceptors (Lipinski definition) is 3. The van der Waals surface area contributed by atoms with Crippen molar-refractivity contribution in [2.45, 2.75) is 45.2 Å². The molecular weight excluding hydrogens is 216 g/mol. The molecule has 2 fully saturated rings. The number of carboxylic acids is 1. The maximum absolute atomic E-state index is 11.1. The van der Waals surface area contributed by atoms with Crippen molar-refractivity contribution >= 4 is 5.97 Å². The van der Waals surface area contributed by atoms with Gasteiger partial charge >= 0.3 is 5.97 Å². The average molecular weight is 240 g/mol. The van der Waals surface area contributed by atoms with E-state index in [9.17, 15) is 4.79 Å². The normalized spacial score (nSPS) is 27.6. The van der Waals surface area contributed by atoms with Gasteiger partial charge in [-0.3, -0.25) is 4.79 Å². The van der Waals surface area contributed by atoms with Gasteiger partial charge in [-0.25, -0.2) is 0 Å². The summed E-state index contributed by atoms with van der Waals surface area (Å²) in [6.07, 6.45) is 3.35. The SMILES string of the molecule is CC(C)N1CCC(CNC(C(=O)O)C2CC2)C1. The predicted octanol–water partition coefficient (Wildman–Crippen LogP) is 1.17. The molecule has 1 saturated heterocycles. The summed E-state index contributed by atoms with van der Waals surface area (Å²) >= 11 is 0. The standard InChI is InChI=1S/C13H24N2O2/c1-9(2)15-6-5-10(8-15)7-14-12(13(16)17)11-3-4-11/h9-12,14H,3-8H2,1-2H3,(H,16,17). The summed E-state index contributed by atoms with van der Waals surface area (Å²) < 4.78 is 0. The minimum Gasteiger partial charge on any atom is -0.480 e. The molecule has 2 atom stereocenters. The number of likely N-dealkylation sites (tertiary alicyclic amines) is 1. The monoisotopic (exact) mass is 240 g/mol. The Labute approximate surface area is 103 Å². The molecule has 17 heavy (non-hydrogen) atoms. The molecule has 2 N–H and O–H groups in total. The number of nitrogens with zero attached hydrogens (tertiary/aromatic N) is 1. The Balaban J connectivity index is 1.73. The molecule has 2 aliphatic rings. The molecule has 1 heterocycles. The van der Waals surface area contributed by atoms with Crippen LogP contribution in [-0.2, 0) is 4.79 Å². The van der Waals surface area contributed by atoms with Crippen LogP contribution in [0.1, 0.15) is 33.1 Å². The summed E-state index contributed by atoms with van der Waals surface area (Å²) in [4.78, 5) is 13.6. The van der Waals surface area contributed by atoms with Gasteiger partial charge in [-0.1, -0.05) is 0 Å². The molecule has 0 aromatic rings. The number of hydrogen-bond donors (Lipinski definition) is 2. The fourth-order valence-electron chi connectivity index (χ4n) is 2.68. The Kier molecular flexibility index (Phi) is 4.05. The fraction of sp³-hybridized carbons (Fsp3) is 0.923. The van der Waals surface area contributed by atoms with Gasteiger partial charge in [-0.05, 0) is 51.5 Å². The van der Waals surface area contributed by atoms with Crippen LogP contribution in [0.3, 0.4) is 0 Å². The fourth-order valence-corrected chi connectivity index (χ4v) is 2.68. The summed E-state index contributed by atoms with van der Waals surface area (Å²) in [6, 6.07) is 0.307. The van der Waals surface area contributed by atoms with E-state index in [1.165, 1.54) is 6.42 Å². The quantitative estimate of drug-likeness (QED) is 0.732. The van der Waals surface area contributed by atoms with Crippen LogP contribution in [0.15, 0.2) is 0 Å². The lowest BCUT2D eigenvalue weighted by atomic mass is 10.1. The van der Waals surface area contributed by atoms with Crippen molar-refractivity contribution < 1.29 is 9.90 Å². The number of rotatable bonds is 6. The molecule has 98 valence electrons. The van der Waals surface area contributed by atoms with Gasteiger partial charge in [0.1, 0.15) is 6.04 Å². The lowest BCUT2D eigenvalue weighted by molar-refractivity contribution is -0.140. The zero-order valence-corrected chi connectivity index (χ0v) is 10.9. The van der Waals surface area contributed by atoms with E-state index in [1.54, 1.807) is 0 Å². The summed E-state index contributed by atoms with van der Waals surface area (Å²) in [7, 11) is 0. The lowest BCUT2D eigenvalue weighted by Crippen LogP contribution is -2.41. The van der Waals surface area contributed by atoms with Crippen molar-refractivity contribution in [1.29, 1.82) is 0 Å². The molecule has 0 aromatic carbocycles. The van der Waals surface area contributed by atoms with Crippen molar-refractivity contribution in [2.24, 2.45) is 11.8 Å². The highest BCUT2D eigenvalue weighted by Crippen LogP contribution is 2.33. The highest BCUT2D eigenvalue weighted by molar-refractivity contribution is 5.74. The first-order chi connectivity index (χ1) is 8.08. The first-order valence-electron chi connectivity index (χ1n) is 6.78. The van der Waals surface area contributed by atoms with E-state index in [0.29, 0.717) is 17.9 Å². The van der Waals surface area contributed by atoms with Crippen LogP contribution in [0.2, 0.25) is 0 Å². The Morgan fingerprint density at radius 3 is 2.59 bits per heavy atom. The summed E-state index contributed by atoms with van der Waals surface area (Å²) in [5, 5.41) is 12.4. The molecule has 4 nitrogen and oxygen atoms in total. The number of carbonyl (C=O) groups is 1. The number of aliphatic carboxylic acids is 1. The highest BCUT2D eigenvalue weighted by Gasteiger charge is 2.36. The van der Waals surface area contributed by atoms with E-state index >= 15 is 0 Å². The third-order valence-electron chi connectivity index (χ3n) is 4.03. The Bertz CT molecular complexity index is 277. The maximum atomic E-state index is 11.1. The van der Waals surface area contributed by atoms with Crippen molar-refractivity contribution in [3.63, 3.8) is 0 Å². The van der Waals surface area contributed by atoms with Gasteiger partial charge < -0.3 is 15.3 Å². The maximum Gasteiger partial charge on any atom is 0.320 e. The van der Waals surface area contributed by atoms with Crippen molar-refractivity contribution in [2.75, 3.05) is 19.6 Å². The molecule has 2 rings (SSSR count). The van der Waals surface area contributed by atoms with Crippen LogP contribution >= 0.6 is 0 Å². The zero-order chi connectivity index (χ0) is 12.4. The first kappa shape index (κ1) is 12.8. The van der Waals surface area contributed by atoms with E-state index < -0.39 is 5.97 Å². The summed E-state index contributed by atoms with van der Waals surface area (Å²) in [5.41, 5.74) is 0. The van der Waals surface area contributed by atoms with Crippen LogP contribution in [0, 0.1) is 11.8 Å². The topological polar surface area (TPSA) is 52.6 Å². The zero-order valence-electron chi connectivity index (χ0n) is 10.9. The minimum absolute atomic E-state index is 0.303. The first-order valence-corrected chi connectivity index (χ1v) is 6.78. The van der Waals surface area contributed by atoms with Crippen LogP contribution in [-0.4, -0.2) is 47.7 Å². The Hall–Kier alpha value is -0.610. The van der Waals surface area contributed by atoms with Gasteiger partial charge in [-0.2, -0.15) is 0 Å². The average Bonchev–Trinajstić information content (AvgIpc) is 2.95. The second kappa shape index (κ2) is 5.36. The van der Waals surface area contributed by atoms with E-state index in [1.807, 2.05) is 0 Å². The van der Waals surface area contributed by atoms with E-state index in [4.69, 9.17) is 5.11 Å². The second-order valence-electron chi connectivity index (χ2n) is 5.80. The van der Waals surface area contributed by atoms with E-state index in [-0.39, 0.29) is 6.04 Å². The summed E-state index contributed by atoms with van der Waals surface area (Å²) in [6.45, 7) is 7.57. The Morgan fingerprint density at radius 2 is 2.12 bits per heavy atom. The molecule has 0 spiro atoms. The van der Waals surface area contributed by atoms with Crippen LogP contribution in [0.5, 0.6) is 0 Å². The van der Waals surface area contributed by atoms with Crippen LogP contribution < -0.4 is 5.32 Å². The largest absolute Gasteiger partial charge is 0.480 e. The minimum atomic E-state index is -0.675. The van der Waals surface area contributed by atoms with Gasteiger partial charge in [0.15, 0.2) is 0 Å². The second-order valence-corrected chi connectivity index (χ2v) is 5.80. The number of carboxylic acid groups (broad SMARTS) is 1. The molecule has 1 saturated carbocycles. The predicted molar refractivity (Wildman–Crippen MR) is 67.0 cm³/mol. The molecule has 2 unspecified atom stereocenters. The third-order valence-corrected chi connectivity index (χ3v) is 4.03. The van der Waals surface area contributed by atoms with Gasteiger partial charge in [-0.15, -0.1) is 0 Å². The van der Waals surface area contributed by atoms with Crippen LogP contribution in [0.4, 0.5) is 0 Å². The molecule has 1 aliphatic heterocycles. The lowest BCUT2D eigenvalue weighted by Gasteiger charge is -2.21.